The number of aryl methyl sites for hydroxylation is 1. The smallest absolute Gasteiger partial charge is 0.319 e. The van der Waals surface area contributed by atoms with Crippen molar-refractivity contribution in [3.63, 3.8) is 0 Å². The van der Waals surface area contributed by atoms with Gasteiger partial charge in [0.05, 0.1) is 5.69 Å². The van der Waals surface area contributed by atoms with Crippen molar-refractivity contribution in [1.29, 1.82) is 0 Å². The quantitative estimate of drug-likeness (QED) is 0.749. The van der Waals surface area contributed by atoms with Crippen LogP contribution in [0.3, 0.4) is 0 Å². The fourth-order valence-corrected chi connectivity index (χ4v) is 2.21. The average Bonchev–Trinajstić information content (AvgIpc) is 2.89. The van der Waals surface area contributed by atoms with Gasteiger partial charge in [-0.1, -0.05) is 0 Å². The molecule has 3 amide bonds. The molecule has 0 radical (unpaired) electrons. The highest BCUT2D eigenvalue weighted by Crippen LogP contribution is 2.18. The summed E-state index contributed by atoms with van der Waals surface area (Å²) < 4.78 is 1.54. The molecular weight excluding hydrogens is 298 g/mol. The van der Waals surface area contributed by atoms with Crippen LogP contribution in [-0.4, -0.2) is 37.7 Å². The molecule has 2 rings (SSSR count). The molecule has 23 heavy (non-hydrogen) atoms. The van der Waals surface area contributed by atoms with E-state index in [1.807, 2.05) is 6.92 Å². The number of primary amides is 1. The maximum Gasteiger partial charge on any atom is 0.319 e. The fraction of sp³-hybridized carbons (Fsp3) is 0.357. The van der Waals surface area contributed by atoms with Crippen LogP contribution in [0, 0.1) is 6.92 Å². The van der Waals surface area contributed by atoms with Crippen LogP contribution in [0.25, 0.3) is 5.69 Å². The van der Waals surface area contributed by atoms with Gasteiger partial charge in [-0.15, -0.1) is 5.10 Å². The Balaban J connectivity index is 2.05. The van der Waals surface area contributed by atoms with Crippen molar-refractivity contribution in [1.82, 2.24) is 25.5 Å². The van der Waals surface area contributed by atoms with Crippen molar-refractivity contribution in [3.05, 3.63) is 30.1 Å². The summed E-state index contributed by atoms with van der Waals surface area (Å²) in [6, 6.07) is 4.93. The summed E-state index contributed by atoms with van der Waals surface area (Å²) in [6.45, 7) is 5.34. The van der Waals surface area contributed by atoms with Crippen LogP contribution in [0.15, 0.2) is 24.5 Å². The van der Waals surface area contributed by atoms with Crippen LogP contribution in [0.4, 0.5) is 10.5 Å². The van der Waals surface area contributed by atoms with Crippen LogP contribution in [0.5, 0.6) is 0 Å². The van der Waals surface area contributed by atoms with Gasteiger partial charge in [-0.3, -0.25) is 4.79 Å². The van der Waals surface area contributed by atoms with Gasteiger partial charge in [0.25, 0.3) is 0 Å². The molecule has 4 N–H and O–H groups in total. The number of anilines is 1. The minimum atomic E-state index is -0.725. The Morgan fingerprint density at radius 3 is 2.65 bits per heavy atom. The number of tetrazole rings is 1. The fourth-order valence-electron chi connectivity index (χ4n) is 2.21. The third kappa shape index (κ3) is 4.50. The van der Waals surface area contributed by atoms with Crippen molar-refractivity contribution >= 4 is 17.6 Å². The molecule has 1 aromatic heterocycles. The highest BCUT2D eigenvalue weighted by Gasteiger charge is 2.22. The largest absolute Gasteiger partial charge is 0.370 e. The molecule has 0 unspecified atom stereocenters. The van der Waals surface area contributed by atoms with Crippen LogP contribution in [-0.2, 0) is 4.79 Å². The molecule has 0 aliphatic carbocycles. The van der Waals surface area contributed by atoms with E-state index in [9.17, 15) is 9.59 Å². The molecule has 0 spiro atoms. The Hall–Kier alpha value is -2.97. The van der Waals surface area contributed by atoms with Crippen molar-refractivity contribution in [3.8, 4) is 5.69 Å². The van der Waals surface area contributed by atoms with E-state index < -0.39 is 17.5 Å². The molecule has 1 heterocycles. The lowest BCUT2D eigenvalue weighted by molar-refractivity contribution is -0.119. The van der Waals surface area contributed by atoms with Crippen LogP contribution in [0.2, 0.25) is 0 Å². The van der Waals surface area contributed by atoms with Crippen LogP contribution < -0.4 is 16.4 Å². The molecule has 0 aliphatic heterocycles. The summed E-state index contributed by atoms with van der Waals surface area (Å²) in [4.78, 5) is 23.0. The van der Waals surface area contributed by atoms with Crippen molar-refractivity contribution < 1.29 is 9.59 Å². The van der Waals surface area contributed by atoms with Gasteiger partial charge in [-0.05, 0) is 55.0 Å². The molecule has 1 aromatic carbocycles. The molecule has 0 saturated heterocycles. The normalized spacial score (nSPS) is 11.1. The zero-order chi connectivity index (χ0) is 17.0. The third-order valence-electron chi connectivity index (χ3n) is 3.12. The Morgan fingerprint density at radius 1 is 1.35 bits per heavy atom. The second-order valence-electron chi connectivity index (χ2n) is 5.86. The predicted molar refractivity (Wildman–Crippen MR) is 83.9 cm³/mol. The summed E-state index contributed by atoms with van der Waals surface area (Å²) in [6.07, 6.45) is 1.55. The SMILES string of the molecule is Cc1cc(NC(=O)NC(C)(C)CC(N)=O)ccc1-n1cnnn1. The number of nitrogens with zero attached hydrogens (tertiary/aromatic N) is 4. The van der Waals surface area contributed by atoms with Crippen molar-refractivity contribution in [2.75, 3.05) is 5.32 Å². The second kappa shape index (κ2) is 6.42. The number of urea groups is 1. The van der Waals surface area contributed by atoms with Gasteiger partial charge in [0.15, 0.2) is 0 Å². The van der Waals surface area contributed by atoms with Gasteiger partial charge < -0.3 is 16.4 Å². The minimum Gasteiger partial charge on any atom is -0.370 e. The van der Waals surface area contributed by atoms with E-state index in [1.54, 1.807) is 32.0 Å². The Bertz CT molecular complexity index is 710. The lowest BCUT2D eigenvalue weighted by atomic mass is 10.0. The molecule has 9 nitrogen and oxygen atoms in total. The Labute approximate surface area is 133 Å². The number of nitrogens with two attached hydrogens (primary N) is 1. The average molecular weight is 317 g/mol. The third-order valence-corrected chi connectivity index (χ3v) is 3.12. The summed E-state index contributed by atoms with van der Waals surface area (Å²) in [5.74, 6) is -0.475. The number of benzene rings is 1. The zero-order valence-electron chi connectivity index (χ0n) is 13.2. The maximum atomic E-state index is 12.0. The molecule has 0 saturated carbocycles. The highest BCUT2D eigenvalue weighted by molar-refractivity contribution is 5.90. The van der Waals surface area contributed by atoms with Crippen molar-refractivity contribution in [2.45, 2.75) is 32.7 Å². The Morgan fingerprint density at radius 2 is 2.09 bits per heavy atom. The standard InChI is InChI=1S/C14H19N7O2/c1-9-6-10(4-5-11(9)21-8-16-19-20-21)17-13(23)18-14(2,3)7-12(15)22/h4-6,8H,7H2,1-3H3,(H2,15,22)(H2,17,18,23). The monoisotopic (exact) mass is 317 g/mol. The van der Waals surface area contributed by atoms with Gasteiger partial charge in [0, 0.05) is 17.6 Å². The predicted octanol–water partition coefficient (Wildman–Crippen LogP) is 0.746. The first-order chi connectivity index (χ1) is 10.8. The molecule has 0 bridgehead atoms. The number of amides is 3. The first-order valence-electron chi connectivity index (χ1n) is 6.98. The molecule has 2 aromatic rings. The summed E-state index contributed by atoms with van der Waals surface area (Å²) in [5.41, 5.74) is 6.76. The number of hydrogen-bond donors (Lipinski definition) is 3. The Kier molecular flexibility index (Phi) is 4.58. The number of carbonyl (C=O) groups is 2. The second-order valence-corrected chi connectivity index (χ2v) is 5.86. The molecule has 0 atom stereocenters. The lowest BCUT2D eigenvalue weighted by Gasteiger charge is -2.24. The first-order valence-corrected chi connectivity index (χ1v) is 6.98. The van der Waals surface area contributed by atoms with Gasteiger partial charge >= 0.3 is 6.03 Å². The van der Waals surface area contributed by atoms with E-state index in [2.05, 4.69) is 26.2 Å². The van der Waals surface area contributed by atoms with E-state index >= 15 is 0 Å². The number of aromatic nitrogens is 4. The lowest BCUT2D eigenvalue weighted by Crippen LogP contribution is -2.47. The summed E-state index contributed by atoms with van der Waals surface area (Å²) in [5, 5.41) is 16.4. The van der Waals surface area contributed by atoms with Gasteiger partial charge in [0.1, 0.15) is 6.33 Å². The van der Waals surface area contributed by atoms with Crippen molar-refractivity contribution in [2.24, 2.45) is 5.73 Å². The highest BCUT2D eigenvalue weighted by atomic mass is 16.2. The summed E-state index contributed by atoms with van der Waals surface area (Å²) >= 11 is 0. The van der Waals surface area contributed by atoms with E-state index in [-0.39, 0.29) is 6.42 Å². The van der Waals surface area contributed by atoms with Gasteiger partial charge in [0.2, 0.25) is 5.91 Å². The molecular formula is C14H19N7O2. The van der Waals surface area contributed by atoms with E-state index in [1.165, 1.54) is 11.0 Å². The molecule has 0 fully saturated rings. The maximum absolute atomic E-state index is 12.0. The molecule has 122 valence electrons. The number of nitrogens with one attached hydrogen (secondary N) is 2. The summed E-state index contributed by atoms with van der Waals surface area (Å²) in [7, 11) is 0. The van der Waals surface area contributed by atoms with E-state index in [4.69, 9.17) is 5.73 Å². The minimum absolute atomic E-state index is 0.0533. The van der Waals surface area contributed by atoms with Crippen LogP contribution >= 0.6 is 0 Å². The van der Waals surface area contributed by atoms with Crippen LogP contribution in [0.1, 0.15) is 25.8 Å². The molecule has 9 heteroatoms. The van der Waals surface area contributed by atoms with E-state index in [0.717, 1.165) is 11.3 Å². The molecule has 0 aliphatic rings. The topological polar surface area (TPSA) is 128 Å². The number of carbonyl (C=O) groups excluding carboxylic acids is 2. The van der Waals surface area contributed by atoms with Gasteiger partial charge in [-0.25, -0.2) is 9.48 Å². The number of hydrogen-bond acceptors (Lipinski definition) is 5. The first kappa shape index (κ1) is 16.4. The van der Waals surface area contributed by atoms with Gasteiger partial charge in [-0.2, -0.15) is 0 Å². The van der Waals surface area contributed by atoms with E-state index in [0.29, 0.717) is 5.69 Å². The zero-order valence-corrected chi connectivity index (χ0v) is 13.2. The number of rotatable bonds is 5.